The molecular weight excluding hydrogens is 284 g/mol. The second-order valence-corrected chi connectivity index (χ2v) is 5.41. The Morgan fingerprint density at radius 1 is 1.00 bits per heavy atom. The van der Waals surface area contributed by atoms with E-state index in [0.29, 0.717) is 5.56 Å². The third kappa shape index (κ3) is 1.76. The van der Waals surface area contributed by atoms with Crippen molar-refractivity contribution in [3.63, 3.8) is 0 Å². The number of phenolic OH excluding ortho intramolecular Hbond substituents is 2. The summed E-state index contributed by atoms with van der Waals surface area (Å²) >= 11 is 0. The molecule has 0 radical (unpaired) electrons. The smallest absolute Gasteiger partial charge is 0.201 e. The van der Waals surface area contributed by atoms with Gasteiger partial charge in [0.25, 0.3) is 0 Å². The summed E-state index contributed by atoms with van der Waals surface area (Å²) in [5.74, 6) is -1.77. The first-order valence-corrected chi connectivity index (χ1v) is 6.80. The summed E-state index contributed by atoms with van der Waals surface area (Å²) in [7, 11) is 0. The zero-order chi connectivity index (χ0) is 16.2. The van der Waals surface area contributed by atoms with Crippen LogP contribution in [0.15, 0.2) is 24.3 Å². The van der Waals surface area contributed by atoms with Crippen molar-refractivity contribution in [1.82, 2.24) is 0 Å². The van der Waals surface area contributed by atoms with E-state index in [1.807, 2.05) is 0 Å². The van der Waals surface area contributed by atoms with Crippen molar-refractivity contribution < 1.29 is 24.9 Å². The molecule has 0 fully saturated rings. The van der Waals surface area contributed by atoms with Gasteiger partial charge in [0.05, 0.1) is 17.2 Å². The van der Waals surface area contributed by atoms with Crippen LogP contribution >= 0.6 is 0 Å². The van der Waals surface area contributed by atoms with Gasteiger partial charge in [-0.15, -0.1) is 0 Å². The van der Waals surface area contributed by atoms with Gasteiger partial charge >= 0.3 is 0 Å². The van der Waals surface area contributed by atoms with Crippen LogP contribution in [0.2, 0.25) is 0 Å². The highest BCUT2D eigenvalue weighted by Crippen LogP contribution is 2.40. The van der Waals surface area contributed by atoms with E-state index in [-0.39, 0.29) is 33.6 Å². The number of benzene rings is 2. The van der Waals surface area contributed by atoms with E-state index in [0.717, 1.165) is 0 Å². The number of phenols is 2. The van der Waals surface area contributed by atoms with Crippen molar-refractivity contribution in [3.05, 3.63) is 57.6 Å². The summed E-state index contributed by atoms with van der Waals surface area (Å²) in [5, 5.41) is 30.0. The number of hydrogen-bond acceptors (Lipinski definition) is 5. The van der Waals surface area contributed by atoms with Gasteiger partial charge in [-0.1, -0.05) is 12.1 Å². The van der Waals surface area contributed by atoms with Crippen molar-refractivity contribution in [3.8, 4) is 11.5 Å². The monoisotopic (exact) mass is 298 g/mol. The number of aliphatic hydroxyl groups is 1. The zero-order valence-electron chi connectivity index (χ0n) is 12.0. The van der Waals surface area contributed by atoms with Gasteiger partial charge in [0, 0.05) is 16.7 Å². The first kappa shape index (κ1) is 14.3. The van der Waals surface area contributed by atoms with Crippen molar-refractivity contribution in [1.29, 1.82) is 0 Å². The second kappa shape index (κ2) is 4.68. The Balaban J connectivity index is 2.39. The molecule has 5 nitrogen and oxygen atoms in total. The Labute approximate surface area is 126 Å². The molecule has 0 aromatic heterocycles. The Morgan fingerprint density at radius 3 is 2.32 bits per heavy atom. The van der Waals surface area contributed by atoms with Crippen LogP contribution in [0.4, 0.5) is 0 Å². The predicted octanol–water partition coefficient (Wildman–Crippen LogP) is 2.23. The molecule has 2 aromatic rings. The van der Waals surface area contributed by atoms with Gasteiger partial charge in [0.2, 0.25) is 5.78 Å². The maximum atomic E-state index is 12.6. The first-order valence-electron chi connectivity index (χ1n) is 6.80. The molecule has 0 aliphatic heterocycles. The maximum absolute atomic E-state index is 12.6. The number of fused-ring (bicyclic) bond motifs is 2. The number of carbonyl (C=O) groups is 2. The number of aromatic hydroxyl groups is 2. The van der Waals surface area contributed by atoms with Crippen LogP contribution in [-0.4, -0.2) is 26.9 Å². The summed E-state index contributed by atoms with van der Waals surface area (Å²) in [6.07, 6.45) is -0.987. The van der Waals surface area contributed by atoms with Gasteiger partial charge in [-0.2, -0.15) is 0 Å². The third-order valence-electron chi connectivity index (χ3n) is 3.95. The number of ketones is 2. The average molecular weight is 298 g/mol. The summed E-state index contributed by atoms with van der Waals surface area (Å²) < 4.78 is 0. The van der Waals surface area contributed by atoms with E-state index in [9.17, 15) is 24.9 Å². The van der Waals surface area contributed by atoms with Crippen LogP contribution in [-0.2, 0) is 0 Å². The topological polar surface area (TPSA) is 94.8 Å². The normalized spacial score (nSPS) is 14.5. The average Bonchev–Trinajstić information content (AvgIpc) is 2.43. The lowest BCUT2D eigenvalue weighted by Gasteiger charge is -2.22. The third-order valence-corrected chi connectivity index (χ3v) is 3.95. The molecule has 1 aliphatic rings. The first-order chi connectivity index (χ1) is 10.3. The van der Waals surface area contributed by atoms with E-state index in [1.54, 1.807) is 6.92 Å². The second-order valence-electron chi connectivity index (χ2n) is 5.41. The van der Waals surface area contributed by atoms with Crippen LogP contribution in [0.25, 0.3) is 0 Å². The van der Waals surface area contributed by atoms with E-state index in [1.165, 1.54) is 31.2 Å². The van der Waals surface area contributed by atoms with Crippen molar-refractivity contribution in [2.24, 2.45) is 0 Å². The van der Waals surface area contributed by atoms with Gasteiger partial charge in [-0.05, 0) is 31.5 Å². The van der Waals surface area contributed by atoms with E-state index < -0.39 is 23.4 Å². The molecule has 22 heavy (non-hydrogen) atoms. The van der Waals surface area contributed by atoms with Crippen LogP contribution in [0.3, 0.4) is 0 Å². The minimum Gasteiger partial charge on any atom is -0.507 e. The minimum absolute atomic E-state index is 0.0856. The molecule has 3 rings (SSSR count). The van der Waals surface area contributed by atoms with Crippen LogP contribution in [0, 0.1) is 6.92 Å². The Hall–Kier alpha value is -2.66. The number of rotatable bonds is 1. The van der Waals surface area contributed by atoms with Crippen molar-refractivity contribution >= 4 is 11.6 Å². The summed E-state index contributed by atoms with van der Waals surface area (Å²) in [6.45, 7) is 3.12. The molecular formula is C17H14O5. The van der Waals surface area contributed by atoms with Crippen LogP contribution in [0.1, 0.15) is 56.0 Å². The summed E-state index contributed by atoms with van der Waals surface area (Å²) in [6, 6.07) is 5.76. The SMILES string of the molecule is Cc1cc2c(c(O)c1[C@@H](C)O)C(=O)c1c(O)cccc1C2=O. The van der Waals surface area contributed by atoms with E-state index in [4.69, 9.17) is 0 Å². The number of aryl methyl sites for hydroxylation is 1. The fourth-order valence-corrected chi connectivity index (χ4v) is 2.99. The molecule has 0 unspecified atom stereocenters. The van der Waals surface area contributed by atoms with E-state index >= 15 is 0 Å². The molecule has 5 heteroatoms. The Kier molecular flexibility index (Phi) is 3.04. The minimum atomic E-state index is -0.987. The molecule has 0 amide bonds. The lowest BCUT2D eigenvalue weighted by Crippen LogP contribution is -2.22. The van der Waals surface area contributed by atoms with Gasteiger partial charge in [-0.3, -0.25) is 9.59 Å². The highest BCUT2D eigenvalue weighted by molar-refractivity contribution is 6.30. The van der Waals surface area contributed by atoms with Crippen LogP contribution in [0.5, 0.6) is 11.5 Å². The van der Waals surface area contributed by atoms with Gasteiger partial charge in [-0.25, -0.2) is 0 Å². The zero-order valence-corrected chi connectivity index (χ0v) is 12.0. The predicted molar refractivity (Wildman–Crippen MR) is 78.4 cm³/mol. The standard InChI is InChI=1S/C17H14O5/c1-7-6-10-14(16(21)12(7)8(2)18)17(22)13-9(15(10)20)4-3-5-11(13)19/h3-6,8,18-19,21H,1-2H3/t8-/m1/s1. The summed E-state index contributed by atoms with van der Waals surface area (Å²) in [4.78, 5) is 25.2. The number of carbonyl (C=O) groups excluding carboxylic acids is 2. The molecule has 1 atom stereocenters. The molecule has 0 saturated carbocycles. The molecule has 0 heterocycles. The Morgan fingerprint density at radius 2 is 1.68 bits per heavy atom. The quantitative estimate of drug-likeness (QED) is 0.640. The maximum Gasteiger partial charge on any atom is 0.201 e. The number of hydrogen-bond donors (Lipinski definition) is 3. The molecule has 1 aliphatic carbocycles. The van der Waals surface area contributed by atoms with Gasteiger partial charge in [0.1, 0.15) is 11.5 Å². The molecule has 0 spiro atoms. The van der Waals surface area contributed by atoms with Crippen LogP contribution < -0.4 is 0 Å². The molecule has 3 N–H and O–H groups in total. The lowest BCUT2D eigenvalue weighted by molar-refractivity contribution is 0.0973. The van der Waals surface area contributed by atoms with Crippen molar-refractivity contribution in [2.75, 3.05) is 0 Å². The highest BCUT2D eigenvalue weighted by Gasteiger charge is 2.36. The van der Waals surface area contributed by atoms with Gasteiger partial charge in [0.15, 0.2) is 5.78 Å². The largest absolute Gasteiger partial charge is 0.507 e. The fraction of sp³-hybridized carbons (Fsp3) is 0.176. The van der Waals surface area contributed by atoms with Gasteiger partial charge < -0.3 is 15.3 Å². The summed E-state index contributed by atoms with van der Waals surface area (Å²) in [5.41, 5.74) is 0.648. The van der Waals surface area contributed by atoms with E-state index in [2.05, 4.69) is 0 Å². The molecule has 2 aromatic carbocycles. The lowest BCUT2D eigenvalue weighted by atomic mass is 9.80. The molecule has 0 saturated heterocycles. The van der Waals surface area contributed by atoms with Crippen molar-refractivity contribution in [2.45, 2.75) is 20.0 Å². The Bertz CT molecular complexity index is 833. The highest BCUT2D eigenvalue weighted by atomic mass is 16.3. The molecule has 0 bridgehead atoms. The molecule has 112 valence electrons. The fourth-order valence-electron chi connectivity index (χ4n) is 2.99. The number of aliphatic hydroxyl groups excluding tert-OH is 1.